The van der Waals surface area contributed by atoms with Crippen LogP contribution >= 0.6 is 0 Å². The Balaban J connectivity index is 1.37. The molecule has 244 valence electrons. The zero-order valence-electron chi connectivity index (χ0n) is 25.7. The number of aromatic amines is 1. The summed E-state index contributed by atoms with van der Waals surface area (Å²) >= 11 is 0. The van der Waals surface area contributed by atoms with Gasteiger partial charge in [0, 0.05) is 37.9 Å². The Bertz CT molecular complexity index is 1350. The second-order valence-electron chi connectivity index (χ2n) is 12.0. The summed E-state index contributed by atoms with van der Waals surface area (Å²) in [6.07, 6.45) is 10.6. The van der Waals surface area contributed by atoms with E-state index in [0.717, 1.165) is 37.7 Å². The number of carbonyl (C=O) groups excluding carboxylic acids is 2. The quantitative estimate of drug-likeness (QED) is 0.156. The van der Waals surface area contributed by atoms with Crippen molar-refractivity contribution in [3.63, 3.8) is 0 Å². The molecule has 0 unspecified atom stereocenters. The first-order chi connectivity index (χ1) is 21.9. The number of benzene rings is 1. The minimum Gasteiger partial charge on any atom is -0.708 e. The summed E-state index contributed by atoms with van der Waals surface area (Å²) in [5, 5.41) is 27.8. The number of imidazole rings is 2. The highest BCUT2D eigenvalue weighted by Crippen LogP contribution is 2.30. The SMILES string of the molecule is NC(=O)[C@H](Cc1c[n+]([O-])c(OC(=O)N2CCOCC2)n1CCCc1ccccc1)N[C@@H](CC1CCCCC1)[C@@H](O)c1ncc[nH]1. The molecule has 3 aromatic rings. The number of morpholine rings is 1. The number of aromatic nitrogens is 4. The van der Waals surface area contributed by atoms with E-state index < -0.39 is 30.2 Å². The fourth-order valence-electron chi connectivity index (χ4n) is 6.39. The van der Waals surface area contributed by atoms with E-state index in [0.29, 0.717) is 67.9 Å². The predicted molar refractivity (Wildman–Crippen MR) is 165 cm³/mol. The van der Waals surface area contributed by atoms with E-state index in [4.69, 9.17) is 15.2 Å². The molecule has 1 saturated heterocycles. The summed E-state index contributed by atoms with van der Waals surface area (Å²) < 4.78 is 13.2. The van der Waals surface area contributed by atoms with Gasteiger partial charge in [-0.1, -0.05) is 62.4 Å². The fraction of sp³-hybridized carbons (Fsp3) is 0.562. The second-order valence-corrected chi connectivity index (χ2v) is 12.0. The topological polar surface area (TPSA) is 175 Å². The molecule has 0 bridgehead atoms. The van der Waals surface area contributed by atoms with E-state index in [9.17, 15) is 19.9 Å². The van der Waals surface area contributed by atoms with Crippen LogP contribution in [0.3, 0.4) is 0 Å². The third-order valence-corrected chi connectivity index (χ3v) is 8.83. The number of nitrogens with zero attached hydrogens (tertiary/aromatic N) is 4. The molecule has 1 aliphatic heterocycles. The molecule has 1 saturated carbocycles. The molecule has 5 N–H and O–H groups in total. The fourth-order valence-corrected chi connectivity index (χ4v) is 6.39. The molecule has 2 fully saturated rings. The van der Waals surface area contributed by atoms with Crippen LogP contribution in [-0.4, -0.2) is 74.9 Å². The minimum atomic E-state index is -0.990. The molecule has 3 atom stereocenters. The number of nitrogens with two attached hydrogens (primary N) is 1. The minimum absolute atomic E-state index is 0.0596. The molecule has 45 heavy (non-hydrogen) atoms. The summed E-state index contributed by atoms with van der Waals surface area (Å²) in [5.74, 6) is 0.188. The van der Waals surface area contributed by atoms with Gasteiger partial charge in [-0.2, -0.15) is 9.30 Å². The zero-order chi connectivity index (χ0) is 31.6. The number of aliphatic hydroxyl groups excluding tert-OH is 1. The van der Waals surface area contributed by atoms with Gasteiger partial charge in [-0.25, -0.2) is 9.78 Å². The molecule has 1 aliphatic carbocycles. The molecule has 3 heterocycles. The summed E-state index contributed by atoms with van der Waals surface area (Å²) in [7, 11) is 0. The zero-order valence-corrected chi connectivity index (χ0v) is 25.7. The molecule has 2 aliphatic rings. The van der Waals surface area contributed by atoms with Crippen molar-refractivity contribution in [2.75, 3.05) is 26.3 Å². The monoisotopic (exact) mass is 623 g/mol. The first-order valence-corrected chi connectivity index (χ1v) is 16.0. The smallest absolute Gasteiger partial charge is 0.468 e. The lowest BCUT2D eigenvalue weighted by molar-refractivity contribution is -0.610. The van der Waals surface area contributed by atoms with Crippen LogP contribution in [-0.2, 0) is 28.9 Å². The van der Waals surface area contributed by atoms with E-state index in [1.165, 1.54) is 17.5 Å². The Morgan fingerprint density at radius 1 is 1.20 bits per heavy atom. The second kappa shape index (κ2) is 15.9. The van der Waals surface area contributed by atoms with Crippen molar-refractivity contribution in [1.29, 1.82) is 0 Å². The summed E-state index contributed by atoms with van der Waals surface area (Å²) in [6.45, 7) is 1.90. The molecule has 0 radical (unpaired) electrons. The highest BCUT2D eigenvalue weighted by atomic mass is 16.6. The van der Waals surface area contributed by atoms with Gasteiger partial charge in [0.2, 0.25) is 5.91 Å². The number of amides is 2. The van der Waals surface area contributed by atoms with Crippen LogP contribution in [0, 0.1) is 11.1 Å². The van der Waals surface area contributed by atoms with Crippen molar-refractivity contribution in [3.8, 4) is 6.01 Å². The number of primary amides is 1. The van der Waals surface area contributed by atoms with Crippen LogP contribution in [0.2, 0.25) is 0 Å². The highest BCUT2D eigenvalue weighted by Gasteiger charge is 2.34. The number of carbonyl (C=O) groups is 2. The number of nitrogens with one attached hydrogen (secondary N) is 2. The first kappa shape index (κ1) is 32.5. The molecule has 13 heteroatoms. The Morgan fingerprint density at radius 2 is 1.96 bits per heavy atom. The van der Waals surface area contributed by atoms with E-state index in [2.05, 4.69) is 15.3 Å². The largest absolute Gasteiger partial charge is 0.708 e. The summed E-state index contributed by atoms with van der Waals surface area (Å²) in [6, 6.07) is 8.40. The van der Waals surface area contributed by atoms with Crippen molar-refractivity contribution >= 4 is 12.0 Å². The van der Waals surface area contributed by atoms with Gasteiger partial charge >= 0.3 is 12.1 Å². The van der Waals surface area contributed by atoms with E-state index in [1.54, 1.807) is 17.0 Å². The van der Waals surface area contributed by atoms with Crippen molar-refractivity contribution in [2.45, 2.75) is 82.5 Å². The number of hydrogen-bond donors (Lipinski definition) is 4. The third-order valence-electron chi connectivity index (χ3n) is 8.83. The van der Waals surface area contributed by atoms with Crippen LogP contribution in [0.15, 0.2) is 48.9 Å². The van der Waals surface area contributed by atoms with Crippen LogP contribution in [0.25, 0.3) is 0 Å². The number of H-pyrrole nitrogens is 1. The molecular weight excluding hydrogens is 578 g/mol. The van der Waals surface area contributed by atoms with Gasteiger partial charge in [-0.05, 0) is 30.7 Å². The van der Waals surface area contributed by atoms with Crippen LogP contribution < -0.4 is 20.5 Å². The lowest BCUT2D eigenvalue weighted by atomic mass is 9.83. The van der Waals surface area contributed by atoms with Gasteiger partial charge in [0.1, 0.15) is 23.8 Å². The predicted octanol–water partition coefficient (Wildman–Crippen LogP) is 2.37. The van der Waals surface area contributed by atoms with E-state index in [1.807, 2.05) is 30.3 Å². The molecule has 1 aromatic carbocycles. The standard InChI is InChI=1S/C32H45N7O6/c33-29(41)27(36-26(20-24-10-5-2-6-11-24)28(40)30-34-13-14-35-30)21-25-22-39(43)31(45-32(42)37-16-18-44-19-17-37)38(25)15-7-12-23-8-3-1-4-9-23/h1,3-4,8-9,13-14,22,24,26-28,36,40H,2,5-7,10-12,15-21H2,(H2,33,41)(H,34,35)/t26-,27-,28+/m0/s1. The Labute approximate surface area is 263 Å². The lowest BCUT2D eigenvalue weighted by Crippen LogP contribution is -2.50. The molecular formula is C32H45N7O6. The number of aliphatic hydroxyl groups is 1. The Morgan fingerprint density at radius 3 is 2.64 bits per heavy atom. The van der Waals surface area contributed by atoms with Crippen LogP contribution in [0.1, 0.15) is 68.1 Å². The van der Waals surface area contributed by atoms with E-state index >= 15 is 0 Å². The van der Waals surface area contributed by atoms with Gasteiger partial charge in [-0.3, -0.25) is 10.1 Å². The molecule has 13 nitrogen and oxygen atoms in total. The van der Waals surface area contributed by atoms with Crippen molar-refractivity contribution < 1.29 is 28.9 Å². The summed E-state index contributed by atoms with van der Waals surface area (Å²) in [5.41, 5.74) is 7.56. The van der Waals surface area contributed by atoms with Crippen LogP contribution in [0.5, 0.6) is 6.01 Å². The first-order valence-electron chi connectivity index (χ1n) is 16.0. The van der Waals surface area contributed by atoms with Gasteiger partial charge in [0.25, 0.3) is 0 Å². The maximum absolute atomic E-state index is 13.2. The van der Waals surface area contributed by atoms with Crippen molar-refractivity contribution in [2.24, 2.45) is 11.7 Å². The maximum Gasteiger partial charge on any atom is 0.468 e. The molecule has 5 rings (SSSR count). The Kier molecular flexibility index (Phi) is 11.4. The van der Waals surface area contributed by atoms with Crippen molar-refractivity contribution in [3.05, 3.63) is 71.2 Å². The number of hydrogen-bond acceptors (Lipinski definition) is 8. The van der Waals surface area contributed by atoms with Gasteiger partial charge in [0.15, 0.2) is 0 Å². The molecule has 2 amide bonds. The lowest BCUT2D eigenvalue weighted by Gasteiger charge is -2.31. The number of rotatable bonds is 14. The maximum atomic E-state index is 13.2. The molecule has 2 aromatic heterocycles. The summed E-state index contributed by atoms with van der Waals surface area (Å²) in [4.78, 5) is 34.6. The van der Waals surface area contributed by atoms with Crippen molar-refractivity contribution in [1.82, 2.24) is 24.8 Å². The average Bonchev–Trinajstić information content (AvgIpc) is 3.70. The van der Waals surface area contributed by atoms with Gasteiger partial charge in [-0.15, -0.1) is 0 Å². The Hall–Kier alpha value is -3.94. The third kappa shape index (κ3) is 8.83. The van der Waals surface area contributed by atoms with E-state index in [-0.39, 0.29) is 12.4 Å². The molecule has 0 spiro atoms. The highest BCUT2D eigenvalue weighted by molar-refractivity contribution is 5.80. The number of ether oxygens (including phenoxy) is 2. The van der Waals surface area contributed by atoms with Crippen LogP contribution in [0.4, 0.5) is 4.79 Å². The van der Waals surface area contributed by atoms with Gasteiger partial charge in [0.05, 0.1) is 25.8 Å². The van der Waals surface area contributed by atoms with Gasteiger partial charge < -0.3 is 35.4 Å². The normalized spacial score (nSPS) is 17.9. The number of aryl methyl sites for hydroxylation is 1. The average molecular weight is 624 g/mol.